The number of halogens is 1. The molecular formula is C25H33BrN2. The van der Waals surface area contributed by atoms with Crippen LogP contribution in [0.1, 0.15) is 51.2 Å². The molecule has 0 saturated carbocycles. The van der Waals surface area contributed by atoms with E-state index in [4.69, 9.17) is 0 Å². The molecule has 0 aliphatic rings. The molecule has 0 amide bonds. The number of likely N-dealkylation sites (N-methyl/N-ethyl adjacent to an activating group) is 1. The highest BCUT2D eigenvalue weighted by Gasteiger charge is 2.37. The summed E-state index contributed by atoms with van der Waals surface area (Å²) in [6.07, 6.45) is 4.05. The van der Waals surface area contributed by atoms with Gasteiger partial charge in [0, 0.05) is 17.1 Å². The van der Waals surface area contributed by atoms with Gasteiger partial charge in [-0.05, 0) is 55.8 Å². The van der Waals surface area contributed by atoms with Crippen LogP contribution < -0.4 is 0 Å². The van der Waals surface area contributed by atoms with Gasteiger partial charge in [0.15, 0.2) is 0 Å². The minimum atomic E-state index is -0.465. The number of benzene rings is 2. The Morgan fingerprint density at radius 1 is 1.07 bits per heavy atom. The van der Waals surface area contributed by atoms with E-state index in [0.717, 1.165) is 42.3 Å². The van der Waals surface area contributed by atoms with Crippen LogP contribution in [-0.2, 0) is 11.8 Å². The molecule has 0 radical (unpaired) electrons. The Kier molecular flexibility index (Phi) is 8.73. The summed E-state index contributed by atoms with van der Waals surface area (Å²) >= 11 is 3.68. The van der Waals surface area contributed by atoms with E-state index >= 15 is 0 Å². The van der Waals surface area contributed by atoms with Crippen molar-refractivity contribution in [3.8, 4) is 6.07 Å². The lowest BCUT2D eigenvalue weighted by atomic mass is 9.69. The average Bonchev–Trinajstić information content (AvgIpc) is 2.71. The predicted molar refractivity (Wildman–Crippen MR) is 122 cm³/mol. The first kappa shape index (κ1) is 22.7. The molecule has 0 heterocycles. The molecule has 0 spiro atoms. The minimum absolute atomic E-state index is 0.253. The molecule has 2 aromatic rings. The second kappa shape index (κ2) is 10.8. The van der Waals surface area contributed by atoms with E-state index in [0.29, 0.717) is 6.04 Å². The molecule has 2 atom stereocenters. The first-order valence-electron chi connectivity index (χ1n) is 10.3. The van der Waals surface area contributed by atoms with Crippen LogP contribution in [0.25, 0.3) is 0 Å². The summed E-state index contributed by atoms with van der Waals surface area (Å²) in [5.41, 5.74) is 2.04. The summed E-state index contributed by atoms with van der Waals surface area (Å²) in [5.74, 6) is 0.253. The second-order valence-corrected chi connectivity index (χ2v) is 8.89. The van der Waals surface area contributed by atoms with E-state index in [1.54, 1.807) is 0 Å². The lowest BCUT2D eigenvalue weighted by molar-refractivity contribution is 0.206. The van der Waals surface area contributed by atoms with Crippen molar-refractivity contribution in [2.24, 2.45) is 5.92 Å². The lowest BCUT2D eigenvalue weighted by Gasteiger charge is -2.35. The van der Waals surface area contributed by atoms with Crippen LogP contribution in [0.5, 0.6) is 0 Å². The van der Waals surface area contributed by atoms with Gasteiger partial charge < -0.3 is 4.90 Å². The highest BCUT2D eigenvalue weighted by Crippen LogP contribution is 2.40. The van der Waals surface area contributed by atoms with Gasteiger partial charge in [0.25, 0.3) is 0 Å². The van der Waals surface area contributed by atoms with Crippen LogP contribution in [0.3, 0.4) is 0 Å². The normalized spacial score (nSPS) is 14.6. The SMILES string of the molecule is CCC(CCC(C#N)(c1ccccc1Br)C(C)C)N(C)CCc1ccccc1. The largest absolute Gasteiger partial charge is 0.303 e. The summed E-state index contributed by atoms with van der Waals surface area (Å²) in [7, 11) is 2.22. The first-order valence-corrected chi connectivity index (χ1v) is 11.1. The zero-order valence-corrected chi connectivity index (χ0v) is 19.2. The number of rotatable bonds is 10. The smallest absolute Gasteiger partial charge is 0.0856 e. The predicted octanol–water partition coefficient (Wildman–Crippen LogP) is 6.60. The standard InChI is InChI=1S/C25H33BrN2/c1-5-22(28(4)18-16-21-11-7-6-8-12-21)15-17-25(19-27,20(2)3)23-13-9-10-14-24(23)26/h6-14,20,22H,5,15-18H2,1-4H3. The van der Waals surface area contributed by atoms with Crippen molar-refractivity contribution in [1.82, 2.24) is 4.90 Å². The van der Waals surface area contributed by atoms with Gasteiger partial charge in [0.2, 0.25) is 0 Å². The second-order valence-electron chi connectivity index (χ2n) is 8.03. The fourth-order valence-corrected chi connectivity index (χ4v) is 4.70. The lowest BCUT2D eigenvalue weighted by Crippen LogP contribution is -2.37. The van der Waals surface area contributed by atoms with Gasteiger partial charge in [-0.2, -0.15) is 5.26 Å². The molecule has 0 saturated heterocycles. The highest BCUT2D eigenvalue weighted by atomic mass is 79.9. The Morgan fingerprint density at radius 2 is 1.71 bits per heavy atom. The molecule has 0 aliphatic heterocycles. The van der Waals surface area contributed by atoms with Crippen LogP contribution in [0, 0.1) is 17.2 Å². The molecule has 0 aliphatic carbocycles. The van der Waals surface area contributed by atoms with Crippen molar-refractivity contribution in [2.45, 2.75) is 57.9 Å². The van der Waals surface area contributed by atoms with E-state index in [9.17, 15) is 5.26 Å². The van der Waals surface area contributed by atoms with Gasteiger partial charge >= 0.3 is 0 Å². The Balaban J connectivity index is 2.10. The van der Waals surface area contributed by atoms with Crippen LogP contribution >= 0.6 is 15.9 Å². The molecule has 2 rings (SSSR count). The van der Waals surface area contributed by atoms with E-state index in [2.05, 4.69) is 91.1 Å². The summed E-state index contributed by atoms with van der Waals surface area (Å²) in [6.45, 7) is 7.63. The third-order valence-electron chi connectivity index (χ3n) is 6.10. The minimum Gasteiger partial charge on any atom is -0.303 e. The van der Waals surface area contributed by atoms with Gasteiger partial charge in [-0.1, -0.05) is 85.2 Å². The van der Waals surface area contributed by atoms with Crippen molar-refractivity contribution in [1.29, 1.82) is 5.26 Å². The topological polar surface area (TPSA) is 27.0 Å². The highest BCUT2D eigenvalue weighted by molar-refractivity contribution is 9.10. The third-order valence-corrected chi connectivity index (χ3v) is 6.79. The molecule has 3 heteroatoms. The van der Waals surface area contributed by atoms with Crippen molar-refractivity contribution in [3.05, 3.63) is 70.2 Å². The first-order chi connectivity index (χ1) is 13.4. The summed E-state index contributed by atoms with van der Waals surface area (Å²) in [4.78, 5) is 2.47. The zero-order valence-electron chi connectivity index (χ0n) is 17.7. The van der Waals surface area contributed by atoms with Gasteiger partial charge in [-0.15, -0.1) is 0 Å². The van der Waals surface area contributed by atoms with E-state index in [1.165, 1.54) is 5.56 Å². The fourth-order valence-electron chi connectivity index (χ4n) is 4.07. The number of nitrogens with zero attached hydrogens (tertiary/aromatic N) is 2. The molecule has 2 nitrogen and oxygen atoms in total. The summed E-state index contributed by atoms with van der Waals surface area (Å²) < 4.78 is 1.04. The quantitative estimate of drug-likeness (QED) is 0.415. The van der Waals surface area contributed by atoms with E-state index < -0.39 is 5.41 Å². The van der Waals surface area contributed by atoms with Crippen LogP contribution in [0.4, 0.5) is 0 Å². The summed E-state index contributed by atoms with van der Waals surface area (Å²) in [5, 5.41) is 10.2. The number of hydrogen-bond donors (Lipinski definition) is 0. The molecule has 28 heavy (non-hydrogen) atoms. The molecule has 2 aromatic carbocycles. The van der Waals surface area contributed by atoms with E-state index in [-0.39, 0.29) is 5.92 Å². The summed E-state index contributed by atoms with van der Waals surface area (Å²) in [6, 6.07) is 22.1. The zero-order chi connectivity index (χ0) is 20.6. The van der Waals surface area contributed by atoms with Crippen molar-refractivity contribution >= 4 is 15.9 Å². The average molecular weight is 441 g/mol. The Bertz CT molecular complexity index is 766. The molecule has 2 unspecified atom stereocenters. The van der Waals surface area contributed by atoms with Crippen molar-refractivity contribution in [2.75, 3.05) is 13.6 Å². The van der Waals surface area contributed by atoms with Crippen LogP contribution in [-0.4, -0.2) is 24.5 Å². The van der Waals surface area contributed by atoms with Crippen LogP contribution in [0.2, 0.25) is 0 Å². The molecule has 0 fully saturated rings. The van der Waals surface area contributed by atoms with Crippen molar-refractivity contribution < 1.29 is 0 Å². The number of nitriles is 1. The van der Waals surface area contributed by atoms with Gasteiger partial charge in [-0.25, -0.2) is 0 Å². The number of hydrogen-bond acceptors (Lipinski definition) is 2. The molecule has 0 N–H and O–H groups in total. The maximum absolute atomic E-state index is 10.2. The van der Waals surface area contributed by atoms with E-state index in [1.807, 2.05) is 18.2 Å². The molecule has 0 aromatic heterocycles. The molecule has 0 bridgehead atoms. The van der Waals surface area contributed by atoms with Gasteiger partial charge in [0.1, 0.15) is 0 Å². The van der Waals surface area contributed by atoms with Crippen molar-refractivity contribution in [3.63, 3.8) is 0 Å². The third kappa shape index (κ3) is 5.46. The fraction of sp³-hybridized carbons (Fsp3) is 0.480. The molecule has 150 valence electrons. The maximum Gasteiger partial charge on any atom is 0.0856 e. The Labute approximate surface area is 179 Å². The molecular weight excluding hydrogens is 408 g/mol. The Morgan fingerprint density at radius 3 is 2.29 bits per heavy atom. The maximum atomic E-state index is 10.2. The van der Waals surface area contributed by atoms with Crippen LogP contribution in [0.15, 0.2) is 59.1 Å². The van der Waals surface area contributed by atoms with Gasteiger partial charge in [-0.3, -0.25) is 0 Å². The Hall–Kier alpha value is -1.63. The monoisotopic (exact) mass is 440 g/mol. The van der Waals surface area contributed by atoms with Gasteiger partial charge in [0.05, 0.1) is 11.5 Å².